The van der Waals surface area contributed by atoms with E-state index in [9.17, 15) is 23.4 Å². The molecular formula is C12H11ClF3N3O2S. The highest BCUT2D eigenvalue weighted by molar-refractivity contribution is 7.11. The van der Waals surface area contributed by atoms with Gasteiger partial charge in [-0.05, 0) is 13.0 Å². The maximum Gasteiger partial charge on any atom is 0.418 e. The van der Waals surface area contributed by atoms with Gasteiger partial charge in [0.2, 0.25) is 0 Å². The molecule has 0 aliphatic rings. The molecule has 2 atom stereocenters. The molecule has 0 spiro atoms. The number of nitrogens with one attached hydrogen (secondary N) is 1. The number of hydrogen-bond donors (Lipinski definition) is 3. The van der Waals surface area contributed by atoms with Gasteiger partial charge in [0.25, 0.3) is 0 Å². The monoisotopic (exact) mass is 353 g/mol. The molecule has 0 saturated heterocycles. The molecule has 2 rings (SSSR count). The fourth-order valence-corrected chi connectivity index (χ4v) is 2.57. The minimum atomic E-state index is -4.62. The van der Waals surface area contributed by atoms with Crippen LogP contribution in [0.25, 0.3) is 0 Å². The summed E-state index contributed by atoms with van der Waals surface area (Å²) in [6.45, 7) is 1.51. The van der Waals surface area contributed by atoms with E-state index < -0.39 is 29.1 Å². The Labute approximate surface area is 132 Å². The molecular weight excluding hydrogens is 343 g/mol. The molecule has 10 heteroatoms. The SMILES string of the molecule is C[C@@H](O)c1ncc(C(O)Nc2cc(C(F)(F)F)c(Cl)cn2)s1. The van der Waals surface area contributed by atoms with Crippen molar-refractivity contribution >= 4 is 28.8 Å². The number of pyridine rings is 1. The second-order valence-electron chi connectivity index (χ2n) is 4.37. The van der Waals surface area contributed by atoms with E-state index in [0.717, 1.165) is 17.5 Å². The van der Waals surface area contributed by atoms with E-state index in [4.69, 9.17) is 11.6 Å². The van der Waals surface area contributed by atoms with Crippen molar-refractivity contribution in [3.05, 3.63) is 38.9 Å². The number of alkyl halides is 3. The van der Waals surface area contributed by atoms with Gasteiger partial charge in [0.15, 0.2) is 6.23 Å². The van der Waals surface area contributed by atoms with Gasteiger partial charge >= 0.3 is 6.18 Å². The Kier molecular flexibility index (Phi) is 4.90. The topological polar surface area (TPSA) is 78.3 Å². The third-order valence-corrected chi connectivity index (χ3v) is 4.13. The summed E-state index contributed by atoms with van der Waals surface area (Å²) in [5.74, 6) is -0.184. The van der Waals surface area contributed by atoms with Crippen molar-refractivity contribution < 1.29 is 23.4 Å². The van der Waals surface area contributed by atoms with Crippen LogP contribution in [-0.2, 0) is 6.18 Å². The minimum Gasteiger partial charge on any atom is -0.386 e. The Morgan fingerprint density at radius 1 is 1.27 bits per heavy atom. The first-order chi connectivity index (χ1) is 10.2. The second-order valence-corrected chi connectivity index (χ2v) is 5.87. The third kappa shape index (κ3) is 3.86. The highest BCUT2D eigenvalue weighted by Crippen LogP contribution is 2.36. The summed E-state index contributed by atoms with van der Waals surface area (Å²) in [7, 11) is 0. The van der Waals surface area contributed by atoms with Crippen LogP contribution >= 0.6 is 22.9 Å². The van der Waals surface area contributed by atoms with Gasteiger partial charge in [-0.25, -0.2) is 9.97 Å². The van der Waals surface area contributed by atoms with Crippen molar-refractivity contribution in [2.75, 3.05) is 5.32 Å². The van der Waals surface area contributed by atoms with E-state index in [1.54, 1.807) is 0 Å². The van der Waals surface area contributed by atoms with E-state index in [1.807, 2.05) is 0 Å². The highest BCUT2D eigenvalue weighted by atomic mass is 35.5. The Bertz CT molecular complexity index is 663. The lowest BCUT2D eigenvalue weighted by atomic mass is 10.2. The van der Waals surface area contributed by atoms with Crippen LogP contribution in [0.3, 0.4) is 0 Å². The largest absolute Gasteiger partial charge is 0.418 e. The Balaban J connectivity index is 2.19. The van der Waals surface area contributed by atoms with Crippen molar-refractivity contribution in [2.45, 2.75) is 25.4 Å². The first kappa shape index (κ1) is 16.9. The molecule has 0 aromatic carbocycles. The summed E-state index contributed by atoms with van der Waals surface area (Å²) < 4.78 is 38.2. The van der Waals surface area contributed by atoms with Gasteiger partial charge in [-0.15, -0.1) is 11.3 Å². The smallest absolute Gasteiger partial charge is 0.386 e. The lowest BCUT2D eigenvalue weighted by Crippen LogP contribution is -2.12. The van der Waals surface area contributed by atoms with E-state index in [-0.39, 0.29) is 5.82 Å². The first-order valence-corrected chi connectivity index (χ1v) is 7.19. The molecule has 0 amide bonds. The molecule has 120 valence electrons. The number of thiazole rings is 1. The normalized spacial score (nSPS) is 14.7. The Morgan fingerprint density at radius 3 is 2.50 bits per heavy atom. The van der Waals surface area contributed by atoms with Crippen LogP contribution in [0.4, 0.5) is 19.0 Å². The predicted octanol–water partition coefficient (Wildman–Crippen LogP) is 3.37. The average Bonchev–Trinajstić information content (AvgIpc) is 2.89. The number of aliphatic hydroxyl groups excluding tert-OH is 2. The fraction of sp³-hybridized carbons (Fsp3) is 0.333. The summed E-state index contributed by atoms with van der Waals surface area (Å²) in [6.07, 6.45) is -4.54. The van der Waals surface area contributed by atoms with Crippen LogP contribution < -0.4 is 5.32 Å². The van der Waals surface area contributed by atoms with Crippen molar-refractivity contribution in [1.29, 1.82) is 0 Å². The highest BCUT2D eigenvalue weighted by Gasteiger charge is 2.34. The minimum absolute atomic E-state index is 0.184. The Hall–Kier alpha value is -1.42. The first-order valence-electron chi connectivity index (χ1n) is 5.99. The van der Waals surface area contributed by atoms with Crippen molar-refractivity contribution in [2.24, 2.45) is 0 Å². The molecule has 0 radical (unpaired) electrons. The molecule has 2 heterocycles. The number of aliphatic hydroxyl groups is 2. The van der Waals surface area contributed by atoms with Gasteiger partial charge < -0.3 is 15.5 Å². The van der Waals surface area contributed by atoms with E-state index in [2.05, 4.69) is 15.3 Å². The van der Waals surface area contributed by atoms with Gasteiger partial charge in [-0.3, -0.25) is 0 Å². The molecule has 3 N–H and O–H groups in total. The molecule has 0 fully saturated rings. The maximum absolute atomic E-state index is 12.7. The maximum atomic E-state index is 12.7. The molecule has 0 aliphatic heterocycles. The molecule has 2 aromatic heterocycles. The molecule has 0 aliphatic carbocycles. The lowest BCUT2D eigenvalue weighted by Gasteiger charge is -2.14. The van der Waals surface area contributed by atoms with Crippen LogP contribution in [-0.4, -0.2) is 20.2 Å². The quantitative estimate of drug-likeness (QED) is 0.734. The van der Waals surface area contributed by atoms with Gasteiger partial charge in [0.1, 0.15) is 16.9 Å². The predicted molar refractivity (Wildman–Crippen MR) is 75.6 cm³/mol. The summed E-state index contributed by atoms with van der Waals surface area (Å²) in [4.78, 5) is 7.92. The summed E-state index contributed by atoms with van der Waals surface area (Å²) in [5.41, 5.74) is -1.05. The Morgan fingerprint density at radius 2 is 1.95 bits per heavy atom. The van der Waals surface area contributed by atoms with Crippen LogP contribution in [0.15, 0.2) is 18.5 Å². The van der Waals surface area contributed by atoms with Gasteiger partial charge in [0.05, 0.1) is 15.5 Å². The van der Waals surface area contributed by atoms with Crippen molar-refractivity contribution in [3.63, 3.8) is 0 Å². The number of rotatable bonds is 4. The zero-order valence-electron chi connectivity index (χ0n) is 11.1. The summed E-state index contributed by atoms with van der Waals surface area (Å²) >= 11 is 6.50. The molecule has 1 unspecified atom stereocenters. The van der Waals surface area contributed by atoms with Crippen LogP contribution in [0.2, 0.25) is 5.02 Å². The summed E-state index contributed by atoms with van der Waals surface area (Å²) in [5, 5.41) is 21.6. The summed E-state index contributed by atoms with van der Waals surface area (Å²) in [6, 6.07) is 0.710. The van der Waals surface area contributed by atoms with Crippen LogP contribution in [0.1, 0.15) is 34.7 Å². The second kappa shape index (κ2) is 6.37. The molecule has 0 saturated carbocycles. The van der Waals surface area contributed by atoms with Gasteiger partial charge in [0, 0.05) is 12.4 Å². The van der Waals surface area contributed by atoms with Gasteiger partial charge in [-0.1, -0.05) is 11.6 Å². The third-order valence-electron chi connectivity index (χ3n) is 2.61. The lowest BCUT2D eigenvalue weighted by molar-refractivity contribution is -0.137. The molecule has 5 nitrogen and oxygen atoms in total. The van der Waals surface area contributed by atoms with Crippen LogP contribution in [0, 0.1) is 0 Å². The number of halogens is 4. The van der Waals surface area contributed by atoms with E-state index >= 15 is 0 Å². The molecule has 2 aromatic rings. The van der Waals surface area contributed by atoms with Crippen LogP contribution in [0.5, 0.6) is 0 Å². The standard InChI is InChI=1S/C12H11ClF3N3O2S/c1-5(20)11-18-4-8(22-11)10(21)19-9-2-6(12(14,15)16)7(13)3-17-9/h2-5,10,20-21H,1H3,(H,17,19)/t5-,10?/m1/s1. The van der Waals surface area contributed by atoms with E-state index in [0.29, 0.717) is 16.0 Å². The number of nitrogens with zero attached hydrogens (tertiary/aromatic N) is 2. The zero-order chi connectivity index (χ0) is 16.5. The number of anilines is 1. The fourth-order valence-electron chi connectivity index (χ4n) is 1.57. The molecule has 0 bridgehead atoms. The number of hydrogen-bond acceptors (Lipinski definition) is 6. The van der Waals surface area contributed by atoms with E-state index in [1.165, 1.54) is 13.1 Å². The molecule has 22 heavy (non-hydrogen) atoms. The van der Waals surface area contributed by atoms with Crippen molar-refractivity contribution in [1.82, 2.24) is 9.97 Å². The zero-order valence-corrected chi connectivity index (χ0v) is 12.7. The van der Waals surface area contributed by atoms with Gasteiger partial charge in [-0.2, -0.15) is 13.2 Å². The van der Waals surface area contributed by atoms with Crippen molar-refractivity contribution in [3.8, 4) is 0 Å². The number of aromatic nitrogens is 2. The average molecular weight is 354 g/mol.